The molecule has 1 aliphatic carbocycles. The molecule has 0 saturated heterocycles. The van der Waals surface area contributed by atoms with Gasteiger partial charge in [-0.05, 0) is 112 Å². The standard InChI is InChI=1S/C49H32N2/c1-3-11-32(12-4-1)33-19-24-39(25-20-33)51-46-27-22-35(31-43(46)49-47(51)28-23-37-29-36-13-7-8-16-40(36)48(37)49)34-21-26-45-42(30-34)41-17-9-10-18-44(41)50(45)38-14-5-2-6-15-38/h1-28,30-31H,29H2. The zero-order valence-corrected chi connectivity index (χ0v) is 27.9. The first kappa shape index (κ1) is 28.2. The van der Waals surface area contributed by atoms with Crippen molar-refractivity contribution in [2.45, 2.75) is 6.42 Å². The van der Waals surface area contributed by atoms with E-state index in [-0.39, 0.29) is 0 Å². The Morgan fingerprint density at radius 2 is 0.882 bits per heavy atom. The molecule has 1 aliphatic rings. The number of para-hydroxylation sites is 2. The third kappa shape index (κ3) is 4.23. The third-order valence-corrected chi connectivity index (χ3v) is 10.9. The van der Waals surface area contributed by atoms with Crippen LogP contribution in [0.2, 0.25) is 0 Å². The lowest BCUT2D eigenvalue weighted by molar-refractivity contribution is 1.18. The molecule has 2 nitrogen and oxygen atoms in total. The van der Waals surface area contributed by atoms with Gasteiger partial charge in [0.2, 0.25) is 0 Å². The molecule has 0 bridgehead atoms. The fourth-order valence-corrected chi connectivity index (χ4v) is 8.63. The second-order valence-corrected chi connectivity index (χ2v) is 13.7. The van der Waals surface area contributed by atoms with Crippen molar-refractivity contribution in [2.75, 3.05) is 0 Å². The SMILES string of the molecule is c1ccc(-c2ccc(-n3c4ccc(-c5ccc6c(c5)c5ccccc5n6-c5ccccc5)cc4c4c5c(ccc43)Cc3ccccc3-5)cc2)cc1. The minimum Gasteiger partial charge on any atom is -0.309 e. The molecule has 0 atom stereocenters. The van der Waals surface area contributed by atoms with Crippen molar-refractivity contribution < 1.29 is 0 Å². The molecule has 2 heterocycles. The summed E-state index contributed by atoms with van der Waals surface area (Å²) in [7, 11) is 0. The smallest absolute Gasteiger partial charge is 0.0547 e. The Morgan fingerprint density at radius 1 is 0.333 bits per heavy atom. The number of rotatable bonds is 4. The van der Waals surface area contributed by atoms with Crippen LogP contribution in [0.5, 0.6) is 0 Å². The molecular formula is C49H32N2. The van der Waals surface area contributed by atoms with Gasteiger partial charge in [0.25, 0.3) is 0 Å². The topological polar surface area (TPSA) is 9.86 Å². The van der Waals surface area contributed by atoms with Gasteiger partial charge in [0.05, 0.1) is 22.1 Å². The van der Waals surface area contributed by atoms with Gasteiger partial charge < -0.3 is 9.13 Å². The van der Waals surface area contributed by atoms with Gasteiger partial charge in [0.1, 0.15) is 0 Å². The second-order valence-electron chi connectivity index (χ2n) is 13.7. The van der Waals surface area contributed by atoms with E-state index < -0.39 is 0 Å². The summed E-state index contributed by atoms with van der Waals surface area (Å²) >= 11 is 0. The summed E-state index contributed by atoms with van der Waals surface area (Å²) in [6.07, 6.45) is 0.974. The largest absolute Gasteiger partial charge is 0.309 e. The van der Waals surface area contributed by atoms with E-state index in [4.69, 9.17) is 0 Å². The highest BCUT2D eigenvalue weighted by Gasteiger charge is 2.25. The Kier molecular flexibility index (Phi) is 6.05. The van der Waals surface area contributed by atoms with Crippen molar-refractivity contribution in [1.82, 2.24) is 9.13 Å². The Labute approximate surface area is 296 Å². The van der Waals surface area contributed by atoms with E-state index in [9.17, 15) is 0 Å². The predicted octanol–water partition coefficient (Wildman–Crippen LogP) is 12.8. The summed E-state index contributed by atoms with van der Waals surface area (Å²) in [5.41, 5.74) is 17.7. The van der Waals surface area contributed by atoms with E-state index >= 15 is 0 Å². The highest BCUT2D eigenvalue weighted by Crippen LogP contribution is 2.47. The van der Waals surface area contributed by atoms with Crippen LogP contribution in [0.15, 0.2) is 182 Å². The number of nitrogens with zero attached hydrogens (tertiary/aromatic N) is 2. The van der Waals surface area contributed by atoms with Crippen molar-refractivity contribution in [1.29, 1.82) is 0 Å². The first-order valence-corrected chi connectivity index (χ1v) is 17.7. The summed E-state index contributed by atoms with van der Waals surface area (Å²) in [6.45, 7) is 0. The van der Waals surface area contributed by atoms with Crippen LogP contribution in [0.3, 0.4) is 0 Å². The molecule has 0 fully saturated rings. The van der Waals surface area contributed by atoms with E-state index in [0.29, 0.717) is 0 Å². The molecule has 11 rings (SSSR count). The minimum atomic E-state index is 0.974. The van der Waals surface area contributed by atoms with Gasteiger partial charge >= 0.3 is 0 Å². The summed E-state index contributed by atoms with van der Waals surface area (Å²) in [6, 6.07) is 66.8. The zero-order valence-electron chi connectivity index (χ0n) is 27.9. The molecule has 10 aromatic rings. The Balaban J connectivity index is 1.14. The quantitative estimate of drug-likeness (QED) is 0.180. The molecule has 0 spiro atoms. The molecule has 0 N–H and O–H groups in total. The van der Waals surface area contributed by atoms with E-state index in [1.54, 1.807) is 0 Å². The highest BCUT2D eigenvalue weighted by molar-refractivity contribution is 6.18. The molecule has 51 heavy (non-hydrogen) atoms. The number of aromatic nitrogens is 2. The average Bonchev–Trinajstić information content (AvgIpc) is 3.85. The molecule has 2 heteroatoms. The van der Waals surface area contributed by atoms with Crippen molar-refractivity contribution >= 4 is 43.6 Å². The lowest BCUT2D eigenvalue weighted by Gasteiger charge is -2.10. The maximum atomic E-state index is 2.46. The fraction of sp³-hybridized carbons (Fsp3) is 0.0204. The average molecular weight is 649 g/mol. The number of benzene rings is 8. The highest BCUT2D eigenvalue weighted by atomic mass is 15.0. The summed E-state index contributed by atoms with van der Waals surface area (Å²) in [4.78, 5) is 0. The molecule has 0 radical (unpaired) electrons. The van der Waals surface area contributed by atoms with E-state index in [1.165, 1.54) is 99.5 Å². The molecule has 238 valence electrons. The van der Waals surface area contributed by atoms with E-state index in [0.717, 1.165) is 6.42 Å². The molecule has 2 aromatic heterocycles. The summed E-state index contributed by atoms with van der Waals surface area (Å²) in [5, 5.41) is 5.16. The predicted molar refractivity (Wildman–Crippen MR) is 214 cm³/mol. The van der Waals surface area contributed by atoms with Crippen LogP contribution in [0.1, 0.15) is 11.1 Å². The molecule has 0 saturated carbocycles. The number of fused-ring (bicyclic) bond motifs is 10. The first-order valence-electron chi connectivity index (χ1n) is 17.7. The Morgan fingerprint density at radius 3 is 1.69 bits per heavy atom. The zero-order chi connectivity index (χ0) is 33.5. The van der Waals surface area contributed by atoms with Crippen molar-refractivity contribution in [2.24, 2.45) is 0 Å². The van der Waals surface area contributed by atoms with Crippen LogP contribution in [-0.2, 0) is 6.42 Å². The van der Waals surface area contributed by atoms with Crippen LogP contribution in [0.4, 0.5) is 0 Å². The lowest BCUT2D eigenvalue weighted by atomic mass is 9.96. The molecule has 0 unspecified atom stereocenters. The Bertz CT molecular complexity index is 2960. The molecular weight excluding hydrogens is 617 g/mol. The summed E-state index contributed by atoms with van der Waals surface area (Å²) in [5.74, 6) is 0. The molecule has 8 aromatic carbocycles. The van der Waals surface area contributed by atoms with Crippen LogP contribution in [-0.4, -0.2) is 9.13 Å². The third-order valence-electron chi connectivity index (χ3n) is 10.9. The maximum absolute atomic E-state index is 2.46. The first-order chi connectivity index (χ1) is 25.3. The summed E-state index contributed by atoms with van der Waals surface area (Å²) < 4.78 is 4.84. The van der Waals surface area contributed by atoms with Gasteiger partial charge in [-0.15, -0.1) is 0 Å². The van der Waals surface area contributed by atoms with Crippen LogP contribution >= 0.6 is 0 Å². The van der Waals surface area contributed by atoms with Gasteiger partial charge in [0.15, 0.2) is 0 Å². The Hall–Kier alpha value is -6.64. The van der Waals surface area contributed by atoms with Gasteiger partial charge in [-0.3, -0.25) is 0 Å². The van der Waals surface area contributed by atoms with Gasteiger partial charge in [-0.25, -0.2) is 0 Å². The van der Waals surface area contributed by atoms with Crippen LogP contribution < -0.4 is 0 Å². The lowest BCUT2D eigenvalue weighted by Crippen LogP contribution is -1.94. The van der Waals surface area contributed by atoms with Gasteiger partial charge in [-0.2, -0.15) is 0 Å². The van der Waals surface area contributed by atoms with Crippen molar-refractivity contribution in [3.8, 4) is 44.8 Å². The number of hydrogen-bond acceptors (Lipinski definition) is 0. The van der Waals surface area contributed by atoms with Gasteiger partial charge in [-0.1, -0.05) is 121 Å². The normalized spacial score (nSPS) is 12.2. The monoisotopic (exact) mass is 648 g/mol. The fourth-order valence-electron chi connectivity index (χ4n) is 8.63. The van der Waals surface area contributed by atoms with Crippen molar-refractivity contribution in [3.63, 3.8) is 0 Å². The van der Waals surface area contributed by atoms with E-state index in [1.807, 2.05) is 0 Å². The van der Waals surface area contributed by atoms with Crippen LogP contribution in [0, 0.1) is 0 Å². The molecule has 0 aliphatic heterocycles. The van der Waals surface area contributed by atoms with E-state index in [2.05, 4.69) is 191 Å². The van der Waals surface area contributed by atoms with Crippen molar-refractivity contribution in [3.05, 3.63) is 193 Å². The maximum Gasteiger partial charge on any atom is 0.0547 e. The minimum absolute atomic E-state index is 0.974. The molecule has 0 amide bonds. The second kappa shape index (κ2) is 10.9. The van der Waals surface area contributed by atoms with Gasteiger partial charge in [0, 0.05) is 32.9 Å². The number of hydrogen-bond donors (Lipinski definition) is 0. The van der Waals surface area contributed by atoms with Crippen LogP contribution in [0.25, 0.3) is 88.4 Å².